The first-order chi connectivity index (χ1) is 9.43. The lowest BCUT2D eigenvalue weighted by molar-refractivity contribution is 0.542. The number of nitrogens with two attached hydrogens (primary N) is 1. The van der Waals surface area contributed by atoms with Gasteiger partial charge in [-0.1, -0.05) is 23.7 Å². The Kier molecular flexibility index (Phi) is 4.42. The molecule has 108 valence electrons. The van der Waals surface area contributed by atoms with E-state index >= 15 is 0 Å². The molecule has 0 aliphatic heterocycles. The van der Waals surface area contributed by atoms with Crippen LogP contribution in [0.1, 0.15) is 28.4 Å². The zero-order valence-electron chi connectivity index (χ0n) is 11.7. The van der Waals surface area contributed by atoms with E-state index in [1.54, 1.807) is 24.7 Å². The van der Waals surface area contributed by atoms with Gasteiger partial charge < -0.3 is 0 Å². The number of nitrogens with zero attached hydrogens (tertiary/aromatic N) is 2. The fourth-order valence-electron chi connectivity index (χ4n) is 2.21. The Morgan fingerprint density at radius 3 is 2.65 bits per heavy atom. The van der Waals surface area contributed by atoms with Crippen LogP contribution in [0.2, 0.25) is 5.15 Å². The number of nitrogens with one attached hydrogen (secondary N) is 1. The van der Waals surface area contributed by atoms with Gasteiger partial charge in [0.15, 0.2) is 0 Å². The number of rotatable bonds is 4. The molecular weight excluding hydrogens is 279 g/mol. The van der Waals surface area contributed by atoms with Crippen molar-refractivity contribution in [1.29, 1.82) is 0 Å². The van der Waals surface area contributed by atoms with Crippen LogP contribution in [0.25, 0.3) is 0 Å². The van der Waals surface area contributed by atoms with E-state index in [0.29, 0.717) is 17.1 Å². The Bertz CT molecular complexity index is 624. The molecule has 6 heteroatoms. The summed E-state index contributed by atoms with van der Waals surface area (Å²) in [5.41, 5.74) is 5.88. The Labute approximate surface area is 122 Å². The van der Waals surface area contributed by atoms with Crippen molar-refractivity contribution in [3.05, 3.63) is 51.6 Å². The fourth-order valence-corrected chi connectivity index (χ4v) is 2.46. The van der Waals surface area contributed by atoms with E-state index in [1.165, 1.54) is 6.07 Å². The SMILES string of the molecule is Cc1ccc(C(Cc2c(C)nn(C)c2Cl)NN)cc1F. The standard InChI is InChI=1S/C14H18ClFN4/c1-8-4-5-10(6-12(8)16)13(18-17)7-11-9(2)19-20(3)14(11)15/h4-6,13,18H,7,17H2,1-3H3. The van der Waals surface area contributed by atoms with E-state index in [4.69, 9.17) is 17.4 Å². The molecule has 20 heavy (non-hydrogen) atoms. The van der Waals surface area contributed by atoms with E-state index in [-0.39, 0.29) is 11.9 Å². The molecular formula is C14H18ClFN4. The molecule has 0 aliphatic rings. The normalized spacial score (nSPS) is 12.7. The van der Waals surface area contributed by atoms with Gasteiger partial charge >= 0.3 is 0 Å². The van der Waals surface area contributed by atoms with Crippen LogP contribution >= 0.6 is 11.6 Å². The number of hydrogen-bond acceptors (Lipinski definition) is 3. The molecule has 1 unspecified atom stereocenters. The predicted octanol–water partition coefficient (Wildman–Crippen LogP) is 2.58. The third-order valence-corrected chi connectivity index (χ3v) is 3.95. The molecule has 4 nitrogen and oxygen atoms in total. The summed E-state index contributed by atoms with van der Waals surface area (Å²) in [6, 6.07) is 4.89. The molecule has 0 aliphatic carbocycles. The van der Waals surface area contributed by atoms with Crippen LogP contribution in [-0.2, 0) is 13.5 Å². The molecule has 0 saturated heterocycles. The van der Waals surface area contributed by atoms with Crippen LogP contribution in [0, 0.1) is 19.7 Å². The highest BCUT2D eigenvalue weighted by Crippen LogP contribution is 2.26. The minimum Gasteiger partial charge on any atom is -0.271 e. The van der Waals surface area contributed by atoms with Crippen molar-refractivity contribution in [3.8, 4) is 0 Å². The molecule has 0 spiro atoms. The summed E-state index contributed by atoms with van der Waals surface area (Å²) in [4.78, 5) is 0. The van der Waals surface area contributed by atoms with Gasteiger partial charge in [0.25, 0.3) is 0 Å². The van der Waals surface area contributed by atoms with Crippen molar-refractivity contribution < 1.29 is 4.39 Å². The quantitative estimate of drug-likeness (QED) is 0.673. The summed E-state index contributed by atoms with van der Waals surface area (Å²) in [7, 11) is 1.79. The molecule has 0 bridgehead atoms. The summed E-state index contributed by atoms with van der Waals surface area (Å²) in [5.74, 6) is 5.37. The van der Waals surface area contributed by atoms with Crippen LogP contribution in [0.3, 0.4) is 0 Å². The van der Waals surface area contributed by atoms with Gasteiger partial charge in [-0.2, -0.15) is 5.10 Å². The topological polar surface area (TPSA) is 55.9 Å². The Balaban J connectivity index is 2.31. The van der Waals surface area contributed by atoms with Crippen molar-refractivity contribution in [3.63, 3.8) is 0 Å². The first-order valence-electron chi connectivity index (χ1n) is 6.34. The maximum atomic E-state index is 13.7. The molecule has 0 fully saturated rings. The van der Waals surface area contributed by atoms with Gasteiger partial charge in [-0.15, -0.1) is 0 Å². The maximum Gasteiger partial charge on any atom is 0.130 e. The van der Waals surface area contributed by atoms with E-state index in [2.05, 4.69) is 10.5 Å². The minimum atomic E-state index is -0.239. The highest BCUT2D eigenvalue weighted by atomic mass is 35.5. The monoisotopic (exact) mass is 296 g/mol. The van der Waals surface area contributed by atoms with Crippen molar-refractivity contribution in [2.24, 2.45) is 12.9 Å². The van der Waals surface area contributed by atoms with Gasteiger partial charge in [0.2, 0.25) is 0 Å². The zero-order chi connectivity index (χ0) is 14.9. The van der Waals surface area contributed by atoms with E-state index in [1.807, 2.05) is 13.0 Å². The summed E-state index contributed by atoms with van der Waals surface area (Å²) < 4.78 is 15.3. The van der Waals surface area contributed by atoms with Crippen molar-refractivity contribution >= 4 is 11.6 Å². The van der Waals surface area contributed by atoms with E-state index < -0.39 is 0 Å². The number of hydrazine groups is 1. The highest BCUT2D eigenvalue weighted by molar-refractivity contribution is 6.30. The van der Waals surface area contributed by atoms with E-state index in [9.17, 15) is 4.39 Å². The molecule has 3 N–H and O–H groups in total. The van der Waals surface area contributed by atoms with Crippen LogP contribution in [0.5, 0.6) is 0 Å². The summed E-state index contributed by atoms with van der Waals surface area (Å²) in [6.45, 7) is 3.62. The van der Waals surface area contributed by atoms with Crippen LogP contribution in [0.4, 0.5) is 4.39 Å². The first-order valence-corrected chi connectivity index (χ1v) is 6.72. The minimum absolute atomic E-state index is 0.217. The van der Waals surface area contributed by atoms with Crippen LogP contribution in [0.15, 0.2) is 18.2 Å². The number of halogens is 2. The summed E-state index contributed by atoms with van der Waals surface area (Å²) in [5, 5.41) is 4.84. The largest absolute Gasteiger partial charge is 0.271 e. The van der Waals surface area contributed by atoms with Crippen LogP contribution < -0.4 is 11.3 Å². The molecule has 1 heterocycles. The molecule has 0 radical (unpaired) electrons. The third kappa shape index (κ3) is 2.85. The highest BCUT2D eigenvalue weighted by Gasteiger charge is 2.18. The van der Waals surface area contributed by atoms with E-state index in [0.717, 1.165) is 16.8 Å². The lowest BCUT2D eigenvalue weighted by Gasteiger charge is -2.17. The Morgan fingerprint density at radius 2 is 2.15 bits per heavy atom. The Hall–Kier alpha value is -1.43. The number of benzene rings is 1. The molecule has 2 rings (SSSR count). The number of aryl methyl sites for hydroxylation is 3. The average molecular weight is 297 g/mol. The van der Waals surface area contributed by atoms with Gasteiger partial charge in [-0.25, -0.2) is 4.39 Å². The van der Waals surface area contributed by atoms with Crippen molar-refractivity contribution in [2.45, 2.75) is 26.3 Å². The lowest BCUT2D eigenvalue weighted by Crippen LogP contribution is -2.29. The van der Waals surface area contributed by atoms with Crippen molar-refractivity contribution in [1.82, 2.24) is 15.2 Å². The summed E-state index contributed by atoms with van der Waals surface area (Å²) >= 11 is 6.22. The zero-order valence-corrected chi connectivity index (χ0v) is 12.5. The second-order valence-corrected chi connectivity index (χ2v) is 5.27. The lowest BCUT2D eigenvalue weighted by atomic mass is 9.98. The predicted molar refractivity (Wildman–Crippen MR) is 77.9 cm³/mol. The number of hydrogen-bond donors (Lipinski definition) is 2. The van der Waals surface area contributed by atoms with Gasteiger partial charge in [-0.3, -0.25) is 16.0 Å². The smallest absolute Gasteiger partial charge is 0.130 e. The van der Waals surface area contributed by atoms with Gasteiger partial charge in [0, 0.05) is 12.6 Å². The Morgan fingerprint density at radius 1 is 1.45 bits per heavy atom. The molecule has 1 aromatic heterocycles. The summed E-state index contributed by atoms with van der Waals surface area (Å²) in [6.07, 6.45) is 0.553. The van der Waals surface area contributed by atoms with Gasteiger partial charge in [0.1, 0.15) is 11.0 Å². The first kappa shape index (κ1) is 15.0. The molecule has 0 amide bonds. The van der Waals surface area contributed by atoms with Gasteiger partial charge in [-0.05, 0) is 37.5 Å². The van der Waals surface area contributed by atoms with Gasteiger partial charge in [0.05, 0.1) is 11.7 Å². The maximum absolute atomic E-state index is 13.7. The third-order valence-electron chi connectivity index (χ3n) is 3.48. The second kappa shape index (κ2) is 5.91. The number of aromatic nitrogens is 2. The molecule has 1 atom stereocenters. The molecule has 0 saturated carbocycles. The molecule has 1 aromatic carbocycles. The second-order valence-electron chi connectivity index (χ2n) is 4.91. The van der Waals surface area contributed by atoms with Crippen molar-refractivity contribution in [2.75, 3.05) is 0 Å². The molecule has 2 aromatic rings. The van der Waals surface area contributed by atoms with Crippen LogP contribution in [-0.4, -0.2) is 9.78 Å². The average Bonchev–Trinajstić information content (AvgIpc) is 2.65. The fraction of sp³-hybridized carbons (Fsp3) is 0.357.